The van der Waals surface area contributed by atoms with E-state index in [0.29, 0.717) is 28.4 Å². The predicted molar refractivity (Wildman–Crippen MR) is 121 cm³/mol. The average Bonchev–Trinajstić information content (AvgIpc) is 3.44. The van der Waals surface area contributed by atoms with Crippen LogP contribution in [-0.4, -0.2) is 39.8 Å². The Morgan fingerprint density at radius 3 is 2.48 bits per heavy atom. The zero-order valence-electron chi connectivity index (χ0n) is 18.5. The van der Waals surface area contributed by atoms with Crippen LogP contribution in [0.4, 0.5) is 10.2 Å². The van der Waals surface area contributed by atoms with Crippen molar-refractivity contribution in [3.05, 3.63) is 71.7 Å². The number of aryl methyl sites for hydroxylation is 2. The molecule has 0 aliphatic heterocycles. The number of imidazole rings is 2. The van der Waals surface area contributed by atoms with Gasteiger partial charge in [0, 0.05) is 25.4 Å². The maximum Gasteiger partial charge on any atom is 0.260 e. The normalized spacial score (nSPS) is 11.3. The van der Waals surface area contributed by atoms with Crippen LogP contribution < -0.4 is 5.32 Å². The van der Waals surface area contributed by atoms with E-state index in [1.165, 1.54) is 18.3 Å². The lowest BCUT2D eigenvalue weighted by atomic mass is 10.1. The standard InChI is InChI=1S/C23H21FN8O/c1-13-17(11-25-31(13)4)23(33)28-19-12-32-20(27-19)10-9-18(29-32)22-21(26-14(2)30(22)3)15-5-7-16(24)8-6-15/h5-12H,1-4H3,(H,28,33). The molecular formula is C23H21FN8O. The Kier molecular flexibility index (Phi) is 4.77. The lowest BCUT2D eigenvalue weighted by Crippen LogP contribution is -2.13. The van der Waals surface area contributed by atoms with Crippen LogP contribution in [0.25, 0.3) is 28.3 Å². The molecule has 9 nitrogen and oxygen atoms in total. The number of nitrogens with zero attached hydrogens (tertiary/aromatic N) is 7. The first-order valence-electron chi connectivity index (χ1n) is 10.3. The summed E-state index contributed by atoms with van der Waals surface area (Å²) in [5, 5.41) is 11.6. The number of hydrogen-bond donors (Lipinski definition) is 1. The lowest BCUT2D eigenvalue weighted by molar-refractivity contribution is 0.102. The first-order valence-corrected chi connectivity index (χ1v) is 10.3. The lowest BCUT2D eigenvalue weighted by Gasteiger charge is -2.07. The van der Waals surface area contributed by atoms with Crippen LogP contribution in [0.3, 0.4) is 0 Å². The molecule has 0 radical (unpaired) electrons. The summed E-state index contributed by atoms with van der Waals surface area (Å²) in [6.07, 6.45) is 3.18. The van der Waals surface area contributed by atoms with E-state index in [4.69, 9.17) is 5.10 Å². The van der Waals surface area contributed by atoms with Gasteiger partial charge in [0.05, 0.1) is 29.3 Å². The maximum absolute atomic E-state index is 13.4. The van der Waals surface area contributed by atoms with E-state index in [2.05, 4.69) is 20.4 Å². The Morgan fingerprint density at radius 2 is 1.79 bits per heavy atom. The third kappa shape index (κ3) is 3.55. The van der Waals surface area contributed by atoms with Gasteiger partial charge in [-0.15, -0.1) is 0 Å². The number of rotatable bonds is 4. The summed E-state index contributed by atoms with van der Waals surface area (Å²) in [7, 11) is 3.69. The van der Waals surface area contributed by atoms with E-state index in [9.17, 15) is 9.18 Å². The minimum Gasteiger partial charge on any atom is -0.330 e. The van der Waals surface area contributed by atoms with Crippen molar-refractivity contribution in [3.63, 3.8) is 0 Å². The summed E-state index contributed by atoms with van der Waals surface area (Å²) in [4.78, 5) is 21.7. The molecule has 33 heavy (non-hydrogen) atoms. The number of benzene rings is 1. The van der Waals surface area contributed by atoms with Crippen LogP contribution in [0.1, 0.15) is 21.9 Å². The second-order valence-electron chi connectivity index (χ2n) is 7.79. The van der Waals surface area contributed by atoms with Crippen LogP contribution in [0.2, 0.25) is 0 Å². The molecule has 1 N–H and O–H groups in total. The van der Waals surface area contributed by atoms with E-state index in [1.807, 2.05) is 37.6 Å². The molecule has 0 fully saturated rings. The molecule has 0 aliphatic carbocycles. The second-order valence-corrected chi connectivity index (χ2v) is 7.79. The van der Waals surface area contributed by atoms with Crippen molar-refractivity contribution >= 4 is 17.4 Å². The zero-order chi connectivity index (χ0) is 23.3. The SMILES string of the molecule is Cc1c(C(=O)Nc2cn3nc(-c4c(-c5ccc(F)cc5)nc(C)n4C)ccc3n2)cnn1C. The van der Waals surface area contributed by atoms with Gasteiger partial charge < -0.3 is 9.88 Å². The fourth-order valence-electron chi connectivity index (χ4n) is 3.69. The molecular weight excluding hydrogens is 423 g/mol. The Balaban J connectivity index is 1.52. The Morgan fingerprint density at radius 1 is 1.03 bits per heavy atom. The Hall–Kier alpha value is -4.34. The number of amides is 1. The topological polar surface area (TPSA) is 94.9 Å². The van der Waals surface area contributed by atoms with Gasteiger partial charge in [-0.25, -0.2) is 18.9 Å². The van der Waals surface area contributed by atoms with Crippen molar-refractivity contribution in [2.45, 2.75) is 13.8 Å². The summed E-state index contributed by atoms with van der Waals surface area (Å²) in [5.74, 6) is 0.594. The van der Waals surface area contributed by atoms with Gasteiger partial charge in [0.1, 0.15) is 17.3 Å². The third-order valence-corrected chi connectivity index (χ3v) is 5.72. The molecule has 5 rings (SSSR count). The molecule has 10 heteroatoms. The number of aromatic nitrogens is 7. The van der Waals surface area contributed by atoms with E-state index in [1.54, 1.807) is 34.6 Å². The Labute approximate surface area is 188 Å². The van der Waals surface area contributed by atoms with E-state index >= 15 is 0 Å². The number of anilines is 1. The van der Waals surface area contributed by atoms with Gasteiger partial charge in [-0.1, -0.05) is 0 Å². The van der Waals surface area contributed by atoms with Crippen LogP contribution in [0, 0.1) is 19.7 Å². The molecule has 0 atom stereocenters. The van der Waals surface area contributed by atoms with E-state index in [-0.39, 0.29) is 11.7 Å². The molecule has 4 heterocycles. The number of nitrogens with one attached hydrogen (secondary N) is 1. The number of carbonyl (C=O) groups is 1. The monoisotopic (exact) mass is 444 g/mol. The smallest absolute Gasteiger partial charge is 0.260 e. The van der Waals surface area contributed by atoms with Crippen LogP contribution in [0.15, 0.2) is 48.8 Å². The molecule has 0 spiro atoms. The van der Waals surface area contributed by atoms with E-state index < -0.39 is 0 Å². The molecule has 5 aromatic rings. The van der Waals surface area contributed by atoms with Crippen LogP contribution in [-0.2, 0) is 14.1 Å². The van der Waals surface area contributed by atoms with E-state index in [0.717, 1.165) is 22.8 Å². The van der Waals surface area contributed by atoms with Crippen molar-refractivity contribution in [1.29, 1.82) is 0 Å². The quantitative estimate of drug-likeness (QED) is 0.458. The van der Waals surface area contributed by atoms with Gasteiger partial charge in [0.25, 0.3) is 5.91 Å². The summed E-state index contributed by atoms with van der Waals surface area (Å²) < 4.78 is 18.6. The van der Waals surface area contributed by atoms with Gasteiger partial charge >= 0.3 is 0 Å². The molecule has 166 valence electrons. The predicted octanol–water partition coefficient (Wildman–Crippen LogP) is 3.54. The fraction of sp³-hybridized carbons (Fsp3) is 0.174. The minimum atomic E-state index is -0.304. The molecule has 0 unspecified atom stereocenters. The highest BCUT2D eigenvalue weighted by atomic mass is 19.1. The maximum atomic E-state index is 13.4. The number of fused-ring (bicyclic) bond motifs is 1. The summed E-state index contributed by atoms with van der Waals surface area (Å²) in [6.45, 7) is 3.73. The molecule has 1 aromatic carbocycles. The average molecular weight is 444 g/mol. The molecule has 1 amide bonds. The van der Waals surface area contributed by atoms with Gasteiger partial charge in [-0.05, 0) is 50.2 Å². The number of hydrogen-bond acceptors (Lipinski definition) is 5. The van der Waals surface area contributed by atoms with Crippen molar-refractivity contribution in [3.8, 4) is 22.6 Å². The molecule has 0 bridgehead atoms. The number of halogens is 1. The summed E-state index contributed by atoms with van der Waals surface area (Å²) >= 11 is 0. The van der Waals surface area contributed by atoms with Crippen LogP contribution >= 0.6 is 0 Å². The number of carbonyl (C=O) groups excluding carboxylic acids is 1. The van der Waals surface area contributed by atoms with Gasteiger partial charge in [0.15, 0.2) is 11.5 Å². The highest BCUT2D eigenvalue weighted by molar-refractivity contribution is 6.04. The van der Waals surface area contributed by atoms with Crippen molar-refractivity contribution in [2.24, 2.45) is 14.1 Å². The highest BCUT2D eigenvalue weighted by Crippen LogP contribution is 2.31. The minimum absolute atomic E-state index is 0.287. The molecule has 0 saturated heterocycles. The highest BCUT2D eigenvalue weighted by Gasteiger charge is 2.19. The zero-order valence-corrected chi connectivity index (χ0v) is 18.5. The second kappa shape index (κ2) is 7.66. The molecule has 4 aromatic heterocycles. The van der Waals surface area contributed by atoms with Crippen molar-refractivity contribution in [1.82, 2.24) is 33.9 Å². The first kappa shape index (κ1) is 20.6. The Bertz CT molecular complexity index is 1510. The summed E-state index contributed by atoms with van der Waals surface area (Å²) in [5.41, 5.74) is 4.80. The van der Waals surface area contributed by atoms with Crippen LogP contribution in [0.5, 0.6) is 0 Å². The molecule has 0 saturated carbocycles. The fourth-order valence-corrected chi connectivity index (χ4v) is 3.69. The van der Waals surface area contributed by atoms with Crippen molar-refractivity contribution in [2.75, 3.05) is 5.32 Å². The third-order valence-electron chi connectivity index (χ3n) is 5.72. The first-order chi connectivity index (χ1) is 15.8. The largest absolute Gasteiger partial charge is 0.330 e. The molecule has 0 aliphatic rings. The van der Waals surface area contributed by atoms with Gasteiger partial charge in [0.2, 0.25) is 0 Å². The summed E-state index contributed by atoms with van der Waals surface area (Å²) in [6, 6.07) is 9.89. The van der Waals surface area contributed by atoms with Gasteiger partial charge in [-0.2, -0.15) is 10.2 Å². The van der Waals surface area contributed by atoms with Crippen molar-refractivity contribution < 1.29 is 9.18 Å². The van der Waals surface area contributed by atoms with Gasteiger partial charge in [-0.3, -0.25) is 9.48 Å².